The van der Waals surface area contributed by atoms with Gasteiger partial charge >= 0.3 is 6.03 Å². The van der Waals surface area contributed by atoms with Crippen LogP contribution in [-0.2, 0) is 0 Å². The van der Waals surface area contributed by atoms with Crippen LogP contribution in [0.4, 0.5) is 16.2 Å². The van der Waals surface area contributed by atoms with Crippen molar-refractivity contribution in [3.63, 3.8) is 0 Å². The smallest absolute Gasteiger partial charge is 0.308 e. The highest BCUT2D eigenvalue weighted by Gasteiger charge is 2.17. The van der Waals surface area contributed by atoms with Gasteiger partial charge in [0.2, 0.25) is 0 Å². The average molecular weight is 354 g/mol. The Morgan fingerprint density at radius 1 is 1.00 bits per heavy atom. The molecule has 7 nitrogen and oxygen atoms in total. The summed E-state index contributed by atoms with van der Waals surface area (Å²) in [4.78, 5) is 33.7. The number of non-ortho nitro benzene ring substituents is 1. The van der Waals surface area contributed by atoms with Crippen LogP contribution in [0, 0.1) is 10.1 Å². The SMILES string of the molecule is O=C(NC(=O)c1c(Cl)cccc1Cl)Nc1ccc([N+](=O)[O-])cc1. The molecule has 2 aromatic rings. The molecule has 0 aliphatic carbocycles. The summed E-state index contributed by atoms with van der Waals surface area (Å²) >= 11 is 11.7. The molecule has 3 amide bonds. The number of amides is 3. The number of benzene rings is 2. The molecule has 0 heterocycles. The van der Waals surface area contributed by atoms with Crippen molar-refractivity contribution in [1.82, 2.24) is 5.32 Å². The van der Waals surface area contributed by atoms with Gasteiger partial charge in [-0.2, -0.15) is 0 Å². The second kappa shape index (κ2) is 7.08. The van der Waals surface area contributed by atoms with Gasteiger partial charge in [-0.3, -0.25) is 20.2 Å². The zero-order valence-corrected chi connectivity index (χ0v) is 12.9. The lowest BCUT2D eigenvalue weighted by Crippen LogP contribution is -2.34. The summed E-state index contributed by atoms with van der Waals surface area (Å²) in [6.07, 6.45) is 0. The Morgan fingerprint density at radius 2 is 1.57 bits per heavy atom. The standard InChI is InChI=1S/C14H9Cl2N3O4/c15-10-2-1-3-11(16)12(10)13(20)18-14(21)17-8-4-6-9(7-5-8)19(22)23/h1-7H,(H2,17,18,20,21). The molecular formula is C14H9Cl2N3O4. The molecule has 0 aliphatic rings. The van der Waals surface area contributed by atoms with E-state index >= 15 is 0 Å². The van der Waals surface area contributed by atoms with E-state index in [1.54, 1.807) is 6.07 Å². The first-order valence-corrected chi connectivity index (χ1v) is 6.95. The maximum absolute atomic E-state index is 12.0. The number of carbonyl (C=O) groups excluding carboxylic acids is 2. The molecule has 0 fully saturated rings. The minimum Gasteiger partial charge on any atom is -0.308 e. The van der Waals surface area contributed by atoms with Gasteiger partial charge in [-0.1, -0.05) is 29.3 Å². The highest BCUT2D eigenvalue weighted by Crippen LogP contribution is 2.24. The van der Waals surface area contributed by atoms with Crippen LogP contribution in [-0.4, -0.2) is 16.9 Å². The van der Waals surface area contributed by atoms with Crippen LogP contribution in [0.3, 0.4) is 0 Å². The van der Waals surface area contributed by atoms with Gasteiger partial charge in [-0.15, -0.1) is 0 Å². The Labute approximate surface area is 140 Å². The molecular weight excluding hydrogens is 345 g/mol. The summed E-state index contributed by atoms with van der Waals surface area (Å²) in [5.41, 5.74) is 0.149. The number of nitrogens with one attached hydrogen (secondary N) is 2. The van der Waals surface area contributed by atoms with Gasteiger partial charge in [-0.25, -0.2) is 4.79 Å². The molecule has 0 bridgehead atoms. The third-order valence-corrected chi connectivity index (χ3v) is 3.38. The van der Waals surface area contributed by atoms with E-state index in [9.17, 15) is 19.7 Å². The molecule has 2 aromatic carbocycles. The third-order valence-electron chi connectivity index (χ3n) is 2.75. The number of halogens is 2. The predicted octanol–water partition coefficient (Wildman–Crippen LogP) is 3.86. The molecule has 0 unspecified atom stereocenters. The van der Waals surface area contributed by atoms with E-state index in [0.29, 0.717) is 0 Å². The minimum absolute atomic E-state index is 0.0188. The molecule has 23 heavy (non-hydrogen) atoms. The Morgan fingerprint density at radius 3 is 2.09 bits per heavy atom. The number of nitro groups is 1. The van der Waals surface area contributed by atoms with Crippen LogP contribution >= 0.6 is 23.2 Å². The van der Waals surface area contributed by atoms with Crippen molar-refractivity contribution in [2.45, 2.75) is 0 Å². The summed E-state index contributed by atoms with van der Waals surface area (Å²) in [7, 11) is 0. The molecule has 0 saturated heterocycles. The van der Waals surface area contributed by atoms with E-state index in [0.717, 1.165) is 0 Å². The quantitative estimate of drug-likeness (QED) is 0.645. The number of imide groups is 1. The van der Waals surface area contributed by atoms with Gasteiger partial charge in [0.25, 0.3) is 11.6 Å². The Hall–Kier alpha value is -2.64. The lowest BCUT2D eigenvalue weighted by molar-refractivity contribution is -0.384. The summed E-state index contributed by atoms with van der Waals surface area (Å²) in [6, 6.07) is 8.81. The molecule has 0 radical (unpaired) electrons. The van der Waals surface area contributed by atoms with Gasteiger partial charge in [0.15, 0.2) is 0 Å². The fourth-order valence-electron chi connectivity index (χ4n) is 1.71. The maximum Gasteiger partial charge on any atom is 0.326 e. The molecule has 9 heteroatoms. The van der Waals surface area contributed by atoms with Crippen molar-refractivity contribution in [3.05, 3.63) is 68.2 Å². The first kappa shape index (κ1) is 16.7. The molecule has 0 atom stereocenters. The van der Waals surface area contributed by atoms with E-state index in [-0.39, 0.29) is 27.0 Å². The van der Waals surface area contributed by atoms with Gasteiger partial charge in [0.1, 0.15) is 0 Å². The van der Waals surface area contributed by atoms with E-state index in [2.05, 4.69) is 10.6 Å². The summed E-state index contributed by atoms with van der Waals surface area (Å²) < 4.78 is 0. The predicted molar refractivity (Wildman–Crippen MR) is 86.0 cm³/mol. The number of urea groups is 1. The minimum atomic E-state index is -0.820. The monoisotopic (exact) mass is 353 g/mol. The second-order valence-corrected chi connectivity index (χ2v) is 5.12. The van der Waals surface area contributed by atoms with Crippen LogP contribution in [0.15, 0.2) is 42.5 Å². The number of anilines is 1. The Kier molecular flexibility index (Phi) is 5.15. The fourth-order valence-corrected chi connectivity index (χ4v) is 2.28. The van der Waals surface area contributed by atoms with Crippen molar-refractivity contribution in [3.8, 4) is 0 Å². The van der Waals surface area contributed by atoms with Crippen LogP contribution in [0.2, 0.25) is 10.0 Å². The summed E-state index contributed by atoms with van der Waals surface area (Å²) in [5, 5.41) is 15.2. The number of rotatable bonds is 3. The van der Waals surface area contributed by atoms with E-state index in [1.165, 1.54) is 36.4 Å². The topological polar surface area (TPSA) is 101 Å². The third kappa shape index (κ3) is 4.18. The number of carbonyl (C=O) groups is 2. The van der Waals surface area contributed by atoms with Crippen molar-refractivity contribution in [1.29, 1.82) is 0 Å². The highest BCUT2D eigenvalue weighted by molar-refractivity contribution is 6.40. The van der Waals surface area contributed by atoms with Crippen LogP contribution in [0.25, 0.3) is 0 Å². The number of nitro benzene ring substituents is 1. The lowest BCUT2D eigenvalue weighted by Gasteiger charge is -2.08. The summed E-state index contributed by atoms with van der Waals surface area (Å²) in [5.74, 6) is -0.764. The molecule has 118 valence electrons. The van der Waals surface area contributed by atoms with E-state index in [4.69, 9.17) is 23.2 Å². The zero-order valence-electron chi connectivity index (χ0n) is 11.4. The Bertz CT molecular complexity index is 758. The molecule has 2 N–H and O–H groups in total. The van der Waals surface area contributed by atoms with Crippen molar-refractivity contribution < 1.29 is 14.5 Å². The molecule has 0 aromatic heterocycles. The largest absolute Gasteiger partial charge is 0.326 e. The van der Waals surface area contributed by atoms with E-state index in [1.807, 2.05) is 0 Å². The fraction of sp³-hybridized carbons (Fsp3) is 0. The molecule has 0 aliphatic heterocycles. The summed E-state index contributed by atoms with van der Waals surface area (Å²) in [6.45, 7) is 0. The first-order valence-electron chi connectivity index (χ1n) is 6.19. The van der Waals surface area contributed by atoms with Crippen LogP contribution < -0.4 is 10.6 Å². The van der Waals surface area contributed by atoms with Gasteiger partial charge in [0.05, 0.1) is 20.5 Å². The second-order valence-electron chi connectivity index (χ2n) is 4.31. The number of hydrogen-bond donors (Lipinski definition) is 2. The Balaban J connectivity index is 2.04. The molecule has 0 saturated carbocycles. The average Bonchev–Trinajstić information content (AvgIpc) is 2.47. The van der Waals surface area contributed by atoms with Crippen LogP contribution in [0.5, 0.6) is 0 Å². The highest BCUT2D eigenvalue weighted by atomic mass is 35.5. The maximum atomic E-state index is 12.0. The van der Waals surface area contributed by atoms with Crippen molar-refractivity contribution in [2.75, 3.05) is 5.32 Å². The normalized spacial score (nSPS) is 10.0. The number of hydrogen-bond acceptors (Lipinski definition) is 4. The number of nitrogens with zero attached hydrogens (tertiary/aromatic N) is 1. The lowest BCUT2D eigenvalue weighted by atomic mass is 10.2. The van der Waals surface area contributed by atoms with Gasteiger partial charge in [0, 0.05) is 17.8 Å². The van der Waals surface area contributed by atoms with Gasteiger partial charge in [-0.05, 0) is 24.3 Å². The molecule has 0 spiro atoms. The van der Waals surface area contributed by atoms with E-state index < -0.39 is 16.9 Å². The van der Waals surface area contributed by atoms with Crippen molar-refractivity contribution >= 4 is 46.5 Å². The molecule has 2 rings (SSSR count). The van der Waals surface area contributed by atoms with Gasteiger partial charge < -0.3 is 5.32 Å². The van der Waals surface area contributed by atoms with Crippen molar-refractivity contribution in [2.24, 2.45) is 0 Å². The first-order chi connectivity index (χ1) is 10.9. The van der Waals surface area contributed by atoms with Crippen LogP contribution in [0.1, 0.15) is 10.4 Å². The zero-order chi connectivity index (χ0) is 17.0.